The number of hydrogen-bond acceptors (Lipinski definition) is 6. The molecule has 4 aromatic carbocycles. The molecule has 1 saturated carbocycles. The zero-order chi connectivity index (χ0) is 34.0. The van der Waals surface area contributed by atoms with Crippen LogP contribution in [0.1, 0.15) is 39.6 Å². The number of benzene rings is 4. The summed E-state index contributed by atoms with van der Waals surface area (Å²) in [5.74, 6) is -1.57. The normalized spacial score (nSPS) is 20.9. The van der Waals surface area contributed by atoms with Gasteiger partial charge in [0, 0.05) is 21.5 Å². The lowest BCUT2D eigenvalue weighted by molar-refractivity contribution is -0.123. The Balaban J connectivity index is 1.04. The van der Waals surface area contributed by atoms with Crippen molar-refractivity contribution in [3.63, 3.8) is 0 Å². The van der Waals surface area contributed by atoms with Gasteiger partial charge in [0.1, 0.15) is 0 Å². The first kappa shape index (κ1) is 30.9. The third kappa shape index (κ3) is 5.16. The number of hydrogen-bond donors (Lipinski definition) is 0. The number of fused-ring (bicyclic) bond motifs is 6. The number of allylic oxidation sites excluding steroid dienone is 2. The fourth-order valence-corrected chi connectivity index (χ4v) is 7.95. The Labute approximate surface area is 288 Å². The molecule has 2 heterocycles. The zero-order valence-electron chi connectivity index (χ0n) is 26.9. The maximum absolute atomic E-state index is 13.6. The summed E-state index contributed by atoms with van der Waals surface area (Å²) in [7, 11) is 0. The molecule has 2 fully saturated rings. The van der Waals surface area contributed by atoms with Crippen LogP contribution in [0.25, 0.3) is 33.3 Å². The summed E-state index contributed by atoms with van der Waals surface area (Å²) in [6.45, 7) is 3.45. The zero-order valence-corrected chi connectivity index (χ0v) is 27.6. The van der Waals surface area contributed by atoms with Crippen molar-refractivity contribution in [3.8, 4) is 22.4 Å². The van der Waals surface area contributed by atoms with Gasteiger partial charge in [0.05, 0.1) is 34.3 Å². The largest absolute Gasteiger partial charge is 0.454 e. The Morgan fingerprint density at radius 2 is 1.51 bits per heavy atom. The molecule has 0 N–H and O–H groups in total. The van der Waals surface area contributed by atoms with Crippen LogP contribution in [0.3, 0.4) is 0 Å². The molecule has 5 aromatic rings. The van der Waals surface area contributed by atoms with Crippen LogP contribution in [-0.2, 0) is 14.3 Å². The quantitative estimate of drug-likeness (QED) is 0.0751. The topological polar surface area (TPSA) is 93.6 Å². The summed E-state index contributed by atoms with van der Waals surface area (Å²) in [5, 5.41) is 1.04. The van der Waals surface area contributed by atoms with Gasteiger partial charge in [0.25, 0.3) is 0 Å². The van der Waals surface area contributed by atoms with Crippen LogP contribution in [0.4, 0.5) is 5.69 Å². The molecule has 3 aliphatic rings. The van der Waals surface area contributed by atoms with E-state index in [1.807, 2.05) is 56.3 Å². The maximum atomic E-state index is 13.6. The van der Waals surface area contributed by atoms with Crippen LogP contribution in [0.15, 0.2) is 109 Å². The SMILES string of the molecule is CC1=CC2CC1C1C(=O)N(c3ccc(-c4cc(C(=O)OCC(=O)c5ccc(-c6ccccc6)cc5)c5ccc(Cl)c(C)c5n4)cc3)C(=O)C21. The number of amides is 2. The Kier molecular flexibility index (Phi) is 7.53. The number of aryl methyl sites for hydroxylation is 1. The molecule has 2 bridgehead atoms. The van der Waals surface area contributed by atoms with E-state index in [4.69, 9.17) is 21.3 Å². The van der Waals surface area contributed by atoms with Crippen molar-refractivity contribution < 1.29 is 23.9 Å². The summed E-state index contributed by atoms with van der Waals surface area (Å²) in [6, 6.07) is 29.2. The Morgan fingerprint density at radius 1 is 0.837 bits per heavy atom. The molecular weight excluding hydrogens is 636 g/mol. The van der Waals surface area contributed by atoms with Gasteiger partial charge < -0.3 is 4.74 Å². The van der Waals surface area contributed by atoms with Crippen molar-refractivity contribution in [1.29, 1.82) is 0 Å². The summed E-state index contributed by atoms with van der Waals surface area (Å²) >= 11 is 6.46. The molecule has 1 aromatic heterocycles. The molecule has 49 heavy (non-hydrogen) atoms. The first-order valence-corrected chi connectivity index (χ1v) is 16.7. The predicted molar refractivity (Wildman–Crippen MR) is 188 cm³/mol. The molecule has 4 unspecified atom stereocenters. The number of ketones is 1. The highest BCUT2D eigenvalue weighted by molar-refractivity contribution is 6.32. The highest BCUT2D eigenvalue weighted by Gasteiger charge is 2.60. The maximum Gasteiger partial charge on any atom is 0.339 e. The third-order valence-electron chi connectivity index (χ3n) is 10.3. The van der Waals surface area contributed by atoms with Crippen molar-refractivity contribution in [1.82, 2.24) is 4.98 Å². The van der Waals surface area contributed by atoms with E-state index in [-0.39, 0.29) is 46.8 Å². The van der Waals surface area contributed by atoms with Crippen molar-refractivity contribution in [2.45, 2.75) is 20.3 Å². The van der Waals surface area contributed by atoms with Gasteiger partial charge in [-0.3, -0.25) is 19.3 Å². The number of pyridine rings is 1. The molecule has 0 spiro atoms. The Morgan fingerprint density at radius 3 is 2.24 bits per heavy atom. The van der Waals surface area contributed by atoms with E-state index >= 15 is 0 Å². The standard InChI is InChI=1S/C41H31ClN2O5/c1-22-18-28-19-31(22)37-36(28)39(46)44(40(37)47)29-14-12-26(13-15-29)34-20-32(30-16-17-33(42)23(2)38(30)43-34)41(48)49-21-35(45)27-10-8-25(9-11-27)24-6-4-3-5-7-24/h3-18,20,28,31,36-37H,19,21H2,1-2H3. The average Bonchev–Trinajstić information content (AvgIpc) is 3.78. The molecule has 1 saturated heterocycles. The van der Waals surface area contributed by atoms with Gasteiger partial charge in [0.2, 0.25) is 11.8 Å². The molecule has 8 rings (SSSR count). The van der Waals surface area contributed by atoms with Crippen molar-refractivity contribution in [2.24, 2.45) is 23.7 Å². The fraction of sp³-hybridized carbons (Fsp3) is 0.195. The summed E-state index contributed by atoms with van der Waals surface area (Å²) < 4.78 is 5.57. The van der Waals surface area contributed by atoms with Crippen molar-refractivity contribution in [2.75, 3.05) is 11.5 Å². The smallest absolute Gasteiger partial charge is 0.339 e. The van der Waals surface area contributed by atoms with Crippen LogP contribution in [-0.4, -0.2) is 35.2 Å². The first-order valence-electron chi connectivity index (χ1n) is 16.3. The number of nitrogens with zero attached hydrogens (tertiary/aromatic N) is 2. The number of imide groups is 1. The van der Waals surface area contributed by atoms with Gasteiger partial charge >= 0.3 is 5.97 Å². The monoisotopic (exact) mass is 666 g/mol. The van der Waals surface area contributed by atoms with Gasteiger partial charge in [-0.1, -0.05) is 96.0 Å². The number of carbonyl (C=O) groups is 4. The van der Waals surface area contributed by atoms with Crippen LogP contribution in [0.5, 0.6) is 0 Å². The highest BCUT2D eigenvalue weighted by atomic mass is 35.5. The number of esters is 1. The van der Waals surface area contributed by atoms with Crippen LogP contribution in [0.2, 0.25) is 5.02 Å². The van der Waals surface area contributed by atoms with E-state index in [2.05, 4.69) is 6.08 Å². The number of aromatic nitrogens is 1. The molecule has 7 nitrogen and oxygen atoms in total. The number of rotatable bonds is 7. The van der Waals surface area contributed by atoms with Crippen LogP contribution in [0, 0.1) is 30.6 Å². The second-order valence-corrected chi connectivity index (χ2v) is 13.5. The van der Waals surface area contributed by atoms with Crippen LogP contribution < -0.4 is 4.90 Å². The van der Waals surface area contributed by atoms with E-state index in [0.717, 1.165) is 17.5 Å². The fourth-order valence-electron chi connectivity index (χ4n) is 7.80. The van der Waals surface area contributed by atoms with Crippen LogP contribution >= 0.6 is 11.6 Å². The van der Waals surface area contributed by atoms with Gasteiger partial charge in [-0.15, -0.1) is 0 Å². The minimum Gasteiger partial charge on any atom is -0.454 e. The Hall–Kier alpha value is -5.40. The number of Topliss-reactive ketones (excluding diaryl/α,β-unsaturated/α-hetero) is 1. The third-order valence-corrected chi connectivity index (χ3v) is 10.7. The molecular formula is C41H31ClN2O5. The average molecular weight is 667 g/mol. The van der Waals surface area contributed by atoms with Gasteiger partial charge in [0.15, 0.2) is 12.4 Å². The molecule has 8 heteroatoms. The number of anilines is 1. The van der Waals surface area contributed by atoms with Crippen molar-refractivity contribution >= 4 is 51.8 Å². The summed E-state index contributed by atoms with van der Waals surface area (Å²) in [4.78, 5) is 59.7. The second kappa shape index (κ2) is 11.9. The number of carbonyl (C=O) groups excluding carboxylic acids is 4. The van der Waals surface area contributed by atoms with E-state index in [9.17, 15) is 19.2 Å². The molecule has 2 amide bonds. The molecule has 242 valence electrons. The van der Waals surface area contributed by atoms with E-state index in [0.29, 0.717) is 44.0 Å². The number of halogens is 1. The second-order valence-electron chi connectivity index (χ2n) is 13.1. The van der Waals surface area contributed by atoms with Gasteiger partial charge in [-0.05, 0) is 73.1 Å². The molecule has 0 radical (unpaired) electrons. The lowest BCUT2D eigenvalue weighted by Crippen LogP contribution is -2.32. The molecule has 1 aliphatic heterocycles. The molecule has 4 atom stereocenters. The minimum absolute atomic E-state index is 0.126. The number of ether oxygens (including phenoxy) is 1. The lowest BCUT2D eigenvalue weighted by atomic mass is 9.82. The first-order chi connectivity index (χ1) is 23.7. The summed E-state index contributed by atoms with van der Waals surface area (Å²) in [5.41, 5.74) is 6.79. The predicted octanol–water partition coefficient (Wildman–Crippen LogP) is 8.27. The summed E-state index contributed by atoms with van der Waals surface area (Å²) in [6.07, 6.45) is 3.04. The Bertz CT molecular complexity index is 2230. The lowest BCUT2D eigenvalue weighted by Gasteiger charge is -2.19. The molecule has 2 aliphatic carbocycles. The van der Waals surface area contributed by atoms with Gasteiger partial charge in [-0.25, -0.2) is 9.78 Å². The van der Waals surface area contributed by atoms with Gasteiger partial charge in [-0.2, -0.15) is 0 Å². The van der Waals surface area contributed by atoms with E-state index in [1.165, 1.54) is 10.5 Å². The van der Waals surface area contributed by atoms with E-state index in [1.54, 1.807) is 54.6 Å². The van der Waals surface area contributed by atoms with E-state index < -0.39 is 12.6 Å². The highest BCUT2D eigenvalue weighted by Crippen LogP contribution is 2.56. The minimum atomic E-state index is -0.667. The van der Waals surface area contributed by atoms with Crippen molar-refractivity contribution in [3.05, 3.63) is 130 Å².